The van der Waals surface area contributed by atoms with Gasteiger partial charge in [0.1, 0.15) is 0 Å². The molecule has 0 N–H and O–H groups in total. The summed E-state index contributed by atoms with van der Waals surface area (Å²) >= 11 is 0. The summed E-state index contributed by atoms with van der Waals surface area (Å²) in [5.41, 5.74) is 0. The van der Waals surface area contributed by atoms with Crippen molar-refractivity contribution < 1.29 is 8.42 Å². The summed E-state index contributed by atoms with van der Waals surface area (Å²) in [5.74, 6) is 3.06. The van der Waals surface area contributed by atoms with Crippen molar-refractivity contribution in [2.75, 3.05) is 18.8 Å². The van der Waals surface area contributed by atoms with Crippen molar-refractivity contribution in [1.29, 1.82) is 0 Å². The summed E-state index contributed by atoms with van der Waals surface area (Å²) in [6.45, 7) is 3.20. The second-order valence-corrected chi connectivity index (χ2v) is 5.56. The highest BCUT2D eigenvalue weighted by Gasteiger charge is 2.32. The van der Waals surface area contributed by atoms with Crippen LogP contribution in [0, 0.1) is 18.3 Å². The molecule has 0 radical (unpaired) electrons. The van der Waals surface area contributed by atoms with Crippen LogP contribution < -0.4 is 0 Å². The largest absolute Gasteiger partial charge is 0.214 e. The van der Waals surface area contributed by atoms with Crippen LogP contribution in [-0.2, 0) is 10.0 Å². The fraction of sp³-hybridized carbons (Fsp3) is 0.778. The van der Waals surface area contributed by atoms with E-state index in [0.717, 1.165) is 6.42 Å². The van der Waals surface area contributed by atoms with Gasteiger partial charge in [-0.3, -0.25) is 0 Å². The molecule has 1 aliphatic rings. The van der Waals surface area contributed by atoms with Gasteiger partial charge in [-0.2, -0.15) is 0 Å². The van der Waals surface area contributed by atoms with Crippen LogP contribution in [0.15, 0.2) is 0 Å². The Kier molecular flexibility index (Phi) is 3.34. The normalized spacial score (nSPS) is 27.2. The lowest BCUT2D eigenvalue weighted by molar-refractivity contribution is 0.409. The monoisotopic (exact) mass is 201 g/mol. The first-order valence-electron chi connectivity index (χ1n) is 4.47. The molecule has 1 saturated heterocycles. The highest BCUT2D eigenvalue weighted by Crippen LogP contribution is 2.18. The maximum Gasteiger partial charge on any atom is 0.214 e. The van der Waals surface area contributed by atoms with E-state index in [0.29, 0.717) is 25.3 Å². The molecule has 4 heteroatoms. The minimum atomic E-state index is -2.95. The maximum absolute atomic E-state index is 11.4. The molecule has 0 bridgehead atoms. The van der Waals surface area contributed by atoms with Crippen molar-refractivity contribution in [2.45, 2.75) is 19.8 Å². The van der Waals surface area contributed by atoms with Crippen LogP contribution in [0.4, 0.5) is 0 Å². The smallest absolute Gasteiger partial charge is 0.212 e. The number of unbranched alkanes of at least 4 members (excludes halogenated alkanes) is 1. The lowest BCUT2D eigenvalue weighted by Crippen LogP contribution is -2.26. The molecule has 74 valence electrons. The molecule has 0 aromatic carbocycles. The zero-order valence-corrected chi connectivity index (χ0v) is 8.68. The third kappa shape index (κ3) is 2.71. The third-order valence-electron chi connectivity index (χ3n) is 2.13. The number of terminal acetylenes is 1. The highest BCUT2D eigenvalue weighted by atomic mass is 32.2. The Hall–Kier alpha value is -0.530. The molecule has 1 aliphatic heterocycles. The van der Waals surface area contributed by atoms with Crippen molar-refractivity contribution in [1.82, 2.24) is 4.31 Å². The van der Waals surface area contributed by atoms with Gasteiger partial charge in [0.05, 0.1) is 5.75 Å². The van der Waals surface area contributed by atoms with Gasteiger partial charge in [0.25, 0.3) is 0 Å². The molecule has 1 unspecified atom stereocenters. The summed E-state index contributed by atoms with van der Waals surface area (Å²) in [5, 5.41) is 0. The topological polar surface area (TPSA) is 37.4 Å². The molecule has 0 aliphatic carbocycles. The van der Waals surface area contributed by atoms with Crippen molar-refractivity contribution in [3.05, 3.63) is 0 Å². The van der Waals surface area contributed by atoms with Gasteiger partial charge in [0.15, 0.2) is 0 Å². The van der Waals surface area contributed by atoms with Crippen LogP contribution in [0.2, 0.25) is 0 Å². The minimum Gasteiger partial charge on any atom is -0.212 e. The Labute approximate surface area is 80.2 Å². The summed E-state index contributed by atoms with van der Waals surface area (Å²) < 4.78 is 24.4. The van der Waals surface area contributed by atoms with Gasteiger partial charge < -0.3 is 0 Å². The maximum atomic E-state index is 11.4. The molecule has 0 aromatic heterocycles. The second kappa shape index (κ2) is 4.12. The molecule has 1 heterocycles. The van der Waals surface area contributed by atoms with Gasteiger partial charge in [-0.25, -0.2) is 12.7 Å². The van der Waals surface area contributed by atoms with Crippen molar-refractivity contribution in [3.63, 3.8) is 0 Å². The van der Waals surface area contributed by atoms with Crippen LogP contribution in [0.3, 0.4) is 0 Å². The van der Waals surface area contributed by atoms with Gasteiger partial charge >= 0.3 is 0 Å². The van der Waals surface area contributed by atoms with E-state index in [9.17, 15) is 8.42 Å². The van der Waals surface area contributed by atoms with E-state index in [1.165, 1.54) is 0 Å². The molecule has 0 saturated carbocycles. The Morgan fingerprint density at radius 2 is 2.31 bits per heavy atom. The van der Waals surface area contributed by atoms with Crippen LogP contribution in [-0.4, -0.2) is 31.6 Å². The van der Waals surface area contributed by atoms with Gasteiger partial charge in [0.2, 0.25) is 10.0 Å². The number of hydrogen-bond acceptors (Lipinski definition) is 2. The molecule has 1 rings (SSSR count). The Bertz CT molecular complexity index is 302. The first-order chi connectivity index (χ1) is 6.06. The highest BCUT2D eigenvalue weighted by molar-refractivity contribution is 7.89. The molecule has 0 aromatic rings. The van der Waals surface area contributed by atoms with E-state index in [1.807, 2.05) is 6.92 Å². The van der Waals surface area contributed by atoms with Crippen molar-refractivity contribution in [2.24, 2.45) is 5.92 Å². The zero-order chi connectivity index (χ0) is 9.90. The van der Waals surface area contributed by atoms with E-state index in [4.69, 9.17) is 6.42 Å². The average Bonchev–Trinajstić information content (AvgIpc) is 2.25. The minimum absolute atomic E-state index is 0.260. The Morgan fingerprint density at radius 1 is 1.62 bits per heavy atom. The van der Waals surface area contributed by atoms with E-state index in [-0.39, 0.29) is 5.92 Å². The molecule has 0 spiro atoms. The van der Waals surface area contributed by atoms with Crippen LogP contribution in [0.5, 0.6) is 0 Å². The van der Waals surface area contributed by atoms with Gasteiger partial charge in [-0.05, 0) is 12.3 Å². The summed E-state index contributed by atoms with van der Waals surface area (Å²) in [4.78, 5) is 0. The molecule has 0 amide bonds. The first kappa shape index (κ1) is 10.6. The van der Waals surface area contributed by atoms with E-state index in [2.05, 4.69) is 5.92 Å². The van der Waals surface area contributed by atoms with E-state index < -0.39 is 10.0 Å². The van der Waals surface area contributed by atoms with Crippen molar-refractivity contribution >= 4 is 10.0 Å². The Balaban J connectivity index is 2.47. The van der Waals surface area contributed by atoms with Gasteiger partial charge in [-0.1, -0.05) is 6.92 Å². The lowest BCUT2D eigenvalue weighted by atomic mass is 10.2. The van der Waals surface area contributed by atoms with Crippen LogP contribution in [0.25, 0.3) is 0 Å². The summed E-state index contributed by atoms with van der Waals surface area (Å²) in [6, 6.07) is 0. The molecule has 13 heavy (non-hydrogen) atoms. The third-order valence-corrected chi connectivity index (χ3v) is 4.24. The molecule has 1 fully saturated rings. The van der Waals surface area contributed by atoms with Gasteiger partial charge in [0, 0.05) is 19.5 Å². The summed E-state index contributed by atoms with van der Waals surface area (Å²) in [7, 11) is -2.95. The average molecular weight is 201 g/mol. The summed E-state index contributed by atoms with van der Waals surface area (Å²) in [6.07, 6.45) is 6.51. The van der Waals surface area contributed by atoms with Gasteiger partial charge in [-0.15, -0.1) is 12.3 Å². The quantitative estimate of drug-likeness (QED) is 0.497. The Morgan fingerprint density at radius 3 is 2.77 bits per heavy atom. The first-order valence-corrected chi connectivity index (χ1v) is 6.08. The fourth-order valence-electron chi connectivity index (χ4n) is 1.57. The van der Waals surface area contributed by atoms with E-state index >= 15 is 0 Å². The number of nitrogens with zero attached hydrogens (tertiary/aromatic N) is 1. The molecular weight excluding hydrogens is 186 g/mol. The zero-order valence-electron chi connectivity index (χ0n) is 7.86. The predicted molar refractivity (Wildman–Crippen MR) is 52.6 cm³/mol. The van der Waals surface area contributed by atoms with Crippen LogP contribution >= 0.6 is 0 Å². The fourth-order valence-corrected chi connectivity index (χ4v) is 3.49. The number of sulfonamides is 1. The SMILES string of the molecule is C#CCCCN1CC(C)CS1(=O)=O. The number of hydrogen-bond donors (Lipinski definition) is 0. The number of rotatable bonds is 3. The molecular formula is C9H15NO2S. The second-order valence-electron chi connectivity index (χ2n) is 3.55. The standard InChI is InChI=1S/C9H15NO2S/c1-3-4-5-6-10-7-9(2)8-13(10,11)12/h1,9H,4-8H2,2H3. The van der Waals surface area contributed by atoms with E-state index in [1.54, 1.807) is 4.31 Å². The lowest BCUT2D eigenvalue weighted by Gasteiger charge is -2.12. The molecule has 3 nitrogen and oxygen atoms in total. The van der Waals surface area contributed by atoms with Crippen LogP contribution in [0.1, 0.15) is 19.8 Å². The molecule has 1 atom stereocenters. The predicted octanol–water partition coefficient (Wildman–Crippen LogP) is 0.681. The van der Waals surface area contributed by atoms with Crippen molar-refractivity contribution in [3.8, 4) is 12.3 Å².